The van der Waals surface area contributed by atoms with Gasteiger partial charge in [0.2, 0.25) is 0 Å². The van der Waals surface area contributed by atoms with E-state index < -0.39 is 43.1 Å². The summed E-state index contributed by atoms with van der Waals surface area (Å²) in [5.74, 6) is -0.882. The summed E-state index contributed by atoms with van der Waals surface area (Å²) < 4.78 is 83.0. The predicted molar refractivity (Wildman–Crippen MR) is 93.6 cm³/mol. The van der Waals surface area contributed by atoms with Gasteiger partial charge in [0.15, 0.2) is 13.2 Å². The molecule has 0 radical (unpaired) electrons. The highest BCUT2D eigenvalue weighted by Crippen LogP contribution is 2.29. The molecule has 29 heavy (non-hydrogen) atoms. The number of benzene rings is 2. The van der Waals surface area contributed by atoms with Crippen LogP contribution in [0.3, 0.4) is 0 Å². The Balaban J connectivity index is 2.14. The first-order valence-corrected chi connectivity index (χ1v) is 8.15. The minimum Gasteiger partial charge on any atom is -0.484 e. The highest BCUT2D eigenvalue weighted by atomic mass is 35.5. The van der Waals surface area contributed by atoms with Crippen LogP contribution in [-0.2, 0) is 0 Å². The highest BCUT2D eigenvalue weighted by molar-refractivity contribution is 6.30. The second-order valence-electron chi connectivity index (χ2n) is 5.59. The summed E-state index contributed by atoms with van der Waals surface area (Å²) in [6.45, 7) is -3.35. The largest absolute Gasteiger partial charge is 0.484 e. The molecule has 0 unspecified atom stereocenters. The third-order valence-electron chi connectivity index (χ3n) is 3.04. The molecule has 0 heterocycles. The zero-order valence-electron chi connectivity index (χ0n) is 14.3. The molecule has 12 heteroatoms. The van der Waals surface area contributed by atoms with Gasteiger partial charge in [-0.2, -0.15) is 26.3 Å². The van der Waals surface area contributed by atoms with Gasteiger partial charge in [-0.1, -0.05) is 11.6 Å². The summed E-state index contributed by atoms with van der Waals surface area (Å²) >= 11 is 5.72. The van der Waals surface area contributed by atoms with E-state index in [4.69, 9.17) is 11.6 Å². The van der Waals surface area contributed by atoms with Gasteiger partial charge in [-0.25, -0.2) is 4.79 Å². The quantitative estimate of drug-likeness (QED) is 0.550. The minimum absolute atomic E-state index is 0.145. The standard InChI is InChI=1S/C17H13ClF6N2O3/c18-10-1-3-11(4-2-10)25-15(27)26-12-5-13(28-8-16(19,20)21)7-14(6-12)29-9-17(22,23)24/h1-7H,8-9H2,(H2,25,26,27). The average Bonchev–Trinajstić information content (AvgIpc) is 2.59. The molecule has 2 aromatic rings. The molecule has 2 aromatic carbocycles. The molecule has 0 aliphatic rings. The molecule has 0 bridgehead atoms. The molecule has 2 amide bonds. The Labute approximate surface area is 165 Å². The number of amides is 2. The van der Waals surface area contributed by atoms with Crippen LogP contribution >= 0.6 is 11.6 Å². The van der Waals surface area contributed by atoms with E-state index in [0.29, 0.717) is 10.7 Å². The van der Waals surface area contributed by atoms with E-state index in [1.807, 2.05) is 0 Å². The van der Waals surface area contributed by atoms with E-state index in [9.17, 15) is 31.1 Å². The third-order valence-corrected chi connectivity index (χ3v) is 3.30. The zero-order chi connectivity index (χ0) is 21.7. The first kappa shape index (κ1) is 22.5. The Bertz CT molecular complexity index is 804. The molecule has 2 N–H and O–H groups in total. The van der Waals surface area contributed by atoms with E-state index in [1.165, 1.54) is 24.3 Å². The van der Waals surface area contributed by atoms with Crippen molar-refractivity contribution in [2.45, 2.75) is 12.4 Å². The number of alkyl halides is 6. The topological polar surface area (TPSA) is 59.6 Å². The Hall–Kier alpha value is -2.82. The number of hydrogen-bond donors (Lipinski definition) is 2. The van der Waals surface area contributed by atoms with Crippen molar-refractivity contribution in [2.24, 2.45) is 0 Å². The molecule has 0 fully saturated rings. The highest BCUT2D eigenvalue weighted by Gasteiger charge is 2.30. The number of ether oxygens (including phenoxy) is 2. The zero-order valence-corrected chi connectivity index (χ0v) is 15.1. The number of nitrogens with one attached hydrogen (secondary N) is 2. The van der Waals surface area contributed by atoms with Crippen LogP contribution in [0.15, 0.2) is 42.5 Å². The summed E-state index contributed by atoms with van der Waals surface area (Å²) in [5, 5.41) is 5.12. The summed E-state index contributed by atoms with van der Waals surface area (Å²) in [5.41, 5.74) is 0.207. The lowest BCUT2D eigenvalue weighted by molar-refractivity contribution is -0.153. The van der Waals surface area contributed by atoms with Gasteiger partial charge in [0, 0.05) is 34.6 Å². The minimum atomic E-state index is -4.66. The van der Waals surface area contributed by atoms with Crippen LogP contribution in [0.4, 0.5) is 42.5 Å². The van der Waals surface area contributed by atoms with Crippen LogP contribution in [0.1, 0.15) is 0 Å². The molecule has 158 valence electrons. The van der Waals surface area contributed by atoms with Crippen LogP contribution in [0.5, 0.6) is 11.5 Å². The van der Waals surface area contributed by atoms with Gasteiger partial charge in [0.1, 0.15) is 11.5 Å². The molecular weight excluding hydrogens is 430 g/mol. The second kappa shape index (κ2) is 9.12. The van der Waals surface area contributed by atoms with Crippen LogP contribution in [0, 0.1) is 0 Å². The predicted octanol–water partition coefficient (Wildman–Crippen LogP) is 5.87. The van der Waals surface area contributed by atoms with Crippen LogP contribution < -0.4 is 20.1 Å². The van der Waals surface area contributed by atoms with Gasteiger partial charge in [-0.15, -0.1) is 0 Å². The number of rotatable bonds is 6. The molecule has 2 rings (SSSR count). The number of halogens is 7. The fourth-order valence-electron chi connectivity index (χ4n) is 1.97. The molecule has 0 saturated carbocycles. The van der Waals surface area contributed by atoms with Crippen molar-refractivity contribution in [3.63, 3.8) is 0 Å². The smallest absolute Gasteiger partial charge is 0.422 e. The summed E-state index contributed by atoms with van der Waals surface area (Å²) in [4.78, 5) is 12.0. The monoisotopic (exact) mass is 442 g/mol. The number of hydrogen-bond acceptors (Lipinski definition) is 3. The van der Waals surface area contributed by atoms with Gasteiger partial charge < -0.3 is 20.1 Å². The molecule has 0 aliphatic carbocycles. The number of carbonyl (C=O) groups is 1. The number of anilines is 2. The van der Waals surface area contributed by atoms with Crippen molar-refractivity contribution < 1.29 is 40.6 Å². The normalized spacial score (nSPS) is 11.7. The van der Waals surface area contributed by atoms with E-state index >= 15 is 0 Å². The Kier molecular flexibility index (Phi) is 7.07. The van der Waals surface area contributed by atoms with Crippen molar-refractivity contribution in [3.8, 4) is 11.5 Å². The Morgan fingerprint density at radius 3 is 1.69 bits per heavy atom. The van der Waals surface area contributed by atoms with Gasteiger partial charge in [-0.05, 0) is 24.3 Å². The number of carbonyl (C=O) groups excluding carboxylic acids is 1. The Morgan fingerprint density at radius 2 is 1.24 bits per heavy atom. The van der Waals surface area contributed by atoms with E-state index in [-0.39, 0.29) is 5.69 Å². The van der Waals surface area contributed by atoms with Gasteiger partial charge >= 0.3 is 18.4 Å². The third kappa shape index (κ3) is 8.81. The van der Waals surface area contributed by atoms with Gasteiger partial charge in [-0.3, -0.25) is 0 Å². The van der Waals surface area contributed by atoms with E-state index in [0.717, 1.165) is 18.2 Å². The maximum atomic E-state index is 12.3. The van der Waals surface area contributed by atoms with Crippen molar-refractivity contribution in [2.75, 3.05) is 23.8 Å². The van der Waals surface area contributed by atoms with Gasteiger partial charge in [0.05, 0.1) is 0 Å². The van der Waals surface area contributed by atoms with Crippen molar-refractivity contribution in [1.82, 2.24) is 0 Å². The molecular formula is C17H13ClF6N2O3. The van der Waals surface area contributed by atoms with Crippen molar-refractivity contribution in [3.05, 3.63) is 47.5 Å². The molecule has 0 atom stereocenters. The summed E-state index contributed by atoms with van der Waals surface area (Å²) in [7, 11) is 0. The van der Waals surface area contributed by atoms with E-state index in [1.54, 1.807) is 0 Å². The fourth-order valence-corrected chi connectivity index (χ4v) is 2.09. The molecule has 0 saturated heterocycles. The maximum Gasteiger partial charge on any atom is 0.422 e. The van der Waals surface area contributed by atoms with Crippen LogP contribution in [0.2, 0.25) is 5.02 Å². The summed E-state index contributed by atoms with van der Waals surface area (Å²) in [6.07, 6.45) is -9.33. The lowest BCUT2D eigenvalue weighted by Gasteiger charge is -2.15. The van der Waals surface area contributed by atoms with Gasteiger partial charge in [0.25, 0.3) is 0 Å². The number of urea groups is 1. The molecule has 0 aromatic heterocycles. The SMILES string of the molecule is O=C(Nc1ccc(Cl)cc1)Nc1cc(OCC(F)(F)F)cc(OCC(F)(F)F)c1. The van der Waals surface area contributed by atoms with Crippen LogP contribution in [-0.4, -0.2) is 31.6 Å². The Morgan fingerprint density at radius 1 is 0.793 bits per heavy atom. The maximum absolute atomic E-state index is 12.3. The fraction of sp³-hybridized carbons (Fsp3) is 0.235. The van der Waals surface area contributed by atoms with E-state index in [2.05, 4.69) is 20.1 Å². The van der Waals surface area contributed by atoms with Crippen molar-refractivity contribution in [1.29, 1.82) is 0 Å². The average molecular weight is 443 g/mol. The lowest BCUT2D eigenvalue weighted by Crippen LogP contribution is -2.21. The molecule has 0 aliphatic heterocycles. The molecule has 0 spiro atoms. The second-order valence-corrected chi connectivity index (χ2v) is 6.02. The first-order chi connectivity index (χ1) is 13.4. The molecule has 5 nitrogen and oxygen atoms in total. The first-order valence-electron chi connectivity index (χ1n) is 7.77. The van der Waals surface area contributed by atoms with Crippen LogP contribution in [0.25, 0.3) is 0 Å². The summed E-state index contributed by atoms with van der Waals surface area (Å²) in [6, 6.07) is 8.05. The lowest BCUT2D eigenvalue weighted by atomic mass is 10.2. The van der Waals surface area contributed by atoms with Crippen molar-refractivity contribution >= 4 is 29.0 Å².